The van der Waals surface area contributed by atoms with Crippen LogP contribution in [0.2, 0.25) is 0 Å². The Morgan fingerprint density at radius 2 is 2.29 bits per heavy atom. The molecule has 0 aromatic carbocycles. The van der Waals surface area contributed by atoms with Gasteiger partial charge in [-0.2, -0.15) is 0 Å². The minimum absolute atomic E-state index is 0.0310. The maximum atomic E-state index is 12.5. The molecule has 0 aliphatic carbocycles. The van der Waals surface area contributed by atoms with E-state index in [-0.39, 0.29) is 17.6 Å². The van der Waals surface area contributed by atoms with E-state index >= 15 is 0 Å². The van der Waals surface area contributed by atoms with Gasteiger partial charge >= 0.3 is 0 Å². The van der Waals surface area contributed by atoms with Gasteiger partial charge in [-0.25, -0.2) is 0 Å². The lowest BCUT2D eigenvalue weighted by molar-refractivity contribution is 0.00209. The number of carbonyl (C=O) groups is 1. The third-order valence-electron chi connectivity index (χ3n) is 6.93. The molecule has 0 unspecified atom stereocenters. The van der Waals surface area contributed by atoms with E-state index in [1.807, 2.05) is 25.3 Å². The maximum absolute atomic E-state index is 12.5. The molecule has 4 atom stereocenters. The molecule has 3 fully saturated rings. The summed E-state index contributed by atoms with van der Waals surface area (Å²) in [6.07, 6.45) is 5.91. The Balaban J connectivity index is 1.26. The fourth-order valence-corrected chi connectivity index (χ4v) is 5.50. The molecule has 3 saturated heterocycles. The quantitative estimate of drug-likeness (QED) is 0.863. The Hall–Kier alpha value is -2.18. The van der Waals surface area contributed by atoms with Gasteiger partial charge in [-0.15, -0.1) is 0 Å². The standard InChI is InChI=1S/C22H27N3O3/c1-14-6-9-27-20(14)21(26)24-10-17-18-12-25(11-16-4-3-8-23-15(16)2)13-22(18)7-5-19(17)28-22/h3-4,6,8-9,17-19H,5,7,10-13H2,1-2H3,(H,24,26)/t17-,18+,19+,22+/m0/s1. The molecular formula is C22H27N3O3. The fourth-order valence-electron chi connectivity index (χ4n) is 5.50. The first-order valence-corrected chi connectivity index (χ1v) is 10.2. The first-order valence-electron chi connectivity index (χ1n) is 10.2. The van der Waals surface area contributed by atoms with Crippen molar-refractivity contribution in [3.8, 4) is 0 Å². The predicted molar refractivity (Wildman–Crippen MR) is 104 cm³/mol. The number of aryl methyl sites for hydroxylation is 2. The largest absolute Gasteiger partial charge is 0.459 e. The van der Waals surface area contributed by atoms with Crippen LogP contribution in [0.5, 0.6) is 0 Å². The van der Waals surface area contributed by atoms with Crippen LogP contribution in [0.4, 0.5) is 0 Å². The van der Waals surface area contributed by atoms with Crippen LogP contribution in [0.15, 0.2) is 35.1 Å². The lowest BCUT2D eigenvalue weighted by Gasteiger charge is -2.29. The molecule has 28 heavy (non-hydrogen) atoms. The molecule has 3 aliphatic rings. The molecule has 5 rings (SSSR count). The number of ether oxygens (including phenoxy) is 1. The van der Waals surface area contributed by atoms with Gasteiger partial charge in [-0.05, 0) is 44.4 Å². The van der Waals surface area contributed by atoms with E-state index in [0.717, 1.165) is 43.7 Å². The lowest BCUT2D eigenvalue weighted by Crippen LogP contribution is -2.41. The van der Waals surface area contributed by atoms with Crippen molar-refractivity contribution < 1.29 is 13.9 Å². The van der Waals surface area contributed by atoms with Crippen LogP contribution in [0.25, 0.3) is 0 Å². The average Bonchev–Trinajstić information content (AvgIpc) is 3.42. The fraction of sp³-hybridized carbons (Fsp3) is 0.545. The second-order valence-corrected chi connectivity index (χ2v) is 8.59. The Kier molecular flexibility index (Phi) is 4.29. The number of hydrogen-bond acceptors (Lipinski definition) is 5. The van der Waals surface area contributed by atoms with Gasteiger partial charge in [0, 0.05) is 55.5 Å². The van der Waals surface area contributed by atoms with E-state index in [9.17, 15) is 4.79 Å². The number of pyridine rings is 1. The predicted octanol–water partition coefficient (Wildman–Crippen LogP) is 2.70. The zero-order valence-electron chi connectivity index (χ0n) is 16.5. The van der Waals surface area contributed by atoms with Crippen molar-refractivity contribution in [1.82, 2.24) is 15.2 Å². The number of nitrogens with one attached hydrogen (secondary N) is 1. The molecule has 1 spiro atoms. The molecule has 2 aromatic rings. The Labute approximate surface area is 165 Å². The lowest BCUT2D eigenvalue weighted by atomic mass is 9.73. The molecular weight excluding hydrogens is 354 g/mol. The Bertz CT molecular complexity index is 895. The number of rotatable bonds is 5. The number of fused-ring (bicyclic) bond motifs is 1. The van der Waals surface area contributed by atoms with Crippen molar-refractivity contribution in [2.24, 2.45) is 11.8 Å². The zero-order chi connectivity index (χ0) is 19.3. The van der Waals surface area contributed by atoms with E-state index in [2.05, 4.69) is 28.2 Å². The number of carbonyl (C=O) groups excluding carboxylic acids is 1. The van der Waals surface area contributed by atoms with Crippen LogP contribution in [-0.2, 0) is 11.3 Å². The van der Waals surface area contributed by atoms with E-state index in [0.29, 0.717) is 24.1 Å². The summed E-state index contributed by atoms with van der Waals surface area (Å²) in [7, 11) is 0. The summed E-state index contributed by atoms with van der Waals surface area (Å²) in [6.45, 7) is 7.52. The van der Waals surface area contributed by atoms with Crippen LogP contribution in [-0.4, -0.2) is 47.1 Å². The zero-order valence-corrected chi connectivity index (χ0v) is 16.5. The van der Waals surface area contributed by atoms with Crippen LogP contribution in [0.1, 0.15) is 40.2 Å². The maximum Gasteiger partial charge on any atom is 0.287 e. The molecule has 3 aliphatic heterocycles. The summed E-state index contributed by atoms with van der Waals surface area (Å²) < 4.78 is 11.8. The van der Waals surface area contributed by atoms with Crippen molar-refractivity contribution in [3.05, 3.63) is 53.2 Å². The van der Waals surface area contributed by atoms with E-state index in [1.54, 1.807) is 6.26 Å². The third kappa shape index (κ3) is 2.86. The number of hydrogen-bond donors (Lipinski definition) is 1. The molecule has 2 bridgehead atoms. The third-order valence-corrected chi connectivity index (χ3v) is 6.93. The van der Waals surface area contributed by atoms with Crippen molar-refractivity contribution in [2.45, 2.75) is 44.9 Å². The minimum atomic E-state index is -0.125. The first kappa shape index (κ1) is 17.9. The van der Waals surface area contributed by atoms with Gasteiger partial charge in [0.2, 0.25) is 0 Å². The normalized spacial score (nSPS) is 31.3. The Morgan fingerprint density at radius 3 is 3.07 bits per heavy atom. The van der Waals surface area contributed by atoms with Gasteiger partial charge in [0.1, 0.15) is 0 Å². The van der Waals surface area contributed by atoms with Gasteiger partial charge in [0.25, 0.3) is 5.91 Å². The van der Waals surface area contributed by atoms with Crippen LogP contribution < -0.4 is 5.32 Å². The molecule has 0 saturated carbocycles. The summed E-state index contributed by atoms with van der Waals surface area (Å²) >= 11 is 0. The topological polar surface area (TPSA) is 67.6 Å². The number of likely N-dealkylation sites (tertiary alicyclic amines) is 1. The monoisotopic (exact) mass is 381 g/mol. The molecule has 6 nitrogen and oxygen atoms in total. The first-order chi connectivity index (χ1) is 13.6. The van der Waals surface area contributed by atoms with Crippen LogP contribution in [0, 0.1) is 25.7 Å². The van der Waals surface area contributed by atoms with E-state index in [4.69, 9.17) is 9.15 Å². The van der Waals surface area contributed by atoms with Crippen molar-refractivity contribution in [1.29, 1.82) is 0 Å². The average molecular weight is 381 g/mol. The molecule has 1 N–H and O–H groups in total. The highest BCUT2D eigenvalue weighted by molar-refractivity contribution is 5.92. The number of aromatic nitrogens is 1. The summed E-state index contributed by atoms with van der Waals surface area (Å²) in [5.74, 6) is 1.13. The minimum Gasteiger partial charge on any atom is -0.459 e. The summed E-state index contributed by atoms with van der Waals surface area (Å²) in [4.78, 5) is 19.4. The molecule has 6 heteroatoms. The second-order valence-electron chi connectivity index (χ2n) is 8.59. The highest BCUT2D eigenvalue weighted by Crippen LogP contribution is 2.54. The van der Waals surface area contributed by atoms with Crippen molar-refractivity contribution >= 4 is 5.91 Å². The second kappa shape index (κ2) is 6.71. The Morgan fingerprint density at radius 1 is 1.39 bits per heavy atom. The highest BCUT2D eigenvalue weighted by Gasteiger charge is 2.62. The molecule has 2 aromatic heterocycles. The summed E-state index contributed by atoms with van der Waals surface area (Å²) in [5, 5.41) is 3.09. The smallest absolute Gasteiger partial charge is 0.287 e. The van der Waals surface area contributed by atoms with Gasteiger partial charge in [0.15, 0.2) is 5.76 Å². The number of amides is 1. The van der Waals surface area contributed by atoms with Gasteiger partial charge in [0.05, 0.1) is 18.0 Å². The molecule has 5 heterocycles. The van der Waals surface area contributed by atoms with Gasteiger partial charge in [-0.3, -0.25) is 14.7 Å². The number of furan rings is 1. The van der Waals surface area contributed by atoms with Crippen molar-refractivity contribution in [2.75, 3.05) is 19.6 Å². The van der Waals surface area contributed by atoms with E-state index < -0.39 is 0 Å². The van der Waals surface area contributed by atoms with Gasteiger partial charge in [-0.1, -0.05) is 6.07 Å². The highest BCUT2D eigenvalue weighted by atomic mass is 16.5. The number of nitrogens with zero attached hydrogens (tertiary/aromatic N) is 2. The molecule has 148 valence electrons. The summed E-state index contributed by atoms with van der Waals surface area (Å²) in [6, 6.07) is 5.99. The van der Waals surface area contributed by atoms with Crippen molar-refractivity contribution in [3.63, 3.8) is 0 Å². The molecule has 1 amide bonds. The van der Waals surface area contributed by atoms with Gasteiger partial charge < -0.3 is 14.5 Å². The van der Waals surface area contributed by atoms with Crippen LogP contribution in [0.3, 0.4) is 0 Å². The van der Waals surface area contributed by atoms with Crippen LogP contribution >= 0.6 is 0 Å². The van der Waals surface area contributed by atoms with E-state index in [1.165, 1.54) is 5.56 Å². The SMILES string of the molecule is Cc1ccoc1C(=O)NC[C@H]1[C@H]2CN(Cc3cccnc3C)C[C@]23CC[C@H]1O3. The molecule has 0 radical (unpaired) electrons. The summed E-state index contributed by atoms with van der Waals surface area (Å²) in [5.41, 5.74) is 3.22.